The normalized spacial score (nSPS) is 17.4. The van der Waals surface area contributed by atoms with E-state index >= 15 is 0 Å². The predicted octanol–water partition coefficient (Wildman–Crippen LogP) is 6.30. The number of nitrogens with zero attached hydrogens (tertiary/aromatic N) is 4. The van der Waals surface area contributed by atoms with Crippen molar-refractivity contribution in [3.8, 4) is 17.4 Å². The van der Waals surface area contributed by atoms with E-state index in [0.717, 1.165) is 61.5 Å². The molecule has 2 fully saturated rings. The summed E-state index contributed by atoms with van der Waals surface area (Å²) in [7, 11) is 1.33. The molecule has 2 aromatic carbocycles. The maximum atomic E-state index is 13.1. The lowest BCUT2D eigenvalue weighted by molar-refractivity contribution is -0.137. The second kappa shape index (κ2) is 13.8. The fourth-order valence-corrected chi connectivity index (χ4v) is 6.10. The molecule has 250 valence electrons. The molecule has 2 saturated heterocycles. The first kappa shape index (κ1) is 32.6. The molecule has 47 heavy (non-hydrogen) atoms. The van der Waals surface area contributed by atoms with E-state index in [1.54, 1.807) is 12.1 Å². The molecule has 13 heteroatoms. The van der Waals surface area contributed by atoms with Crippen LogP contribution >= 0.6 is 0 Å². The van der Waals surface area contributed by atoms with Crippen molar-refractivity contribution >= 4 is 17.0 Å². The second-order valence-corrected chi connectivity index (χ2v) is 11.8. The highest BCUT2D eigenvalue weighted by Crippen LogP contribution is 2.35. The fourth-order valence-electron chi connectivity index (χ4n) is 6.10. The van der Waals surface area contributed by atoms with Crippen molar-refractivity contribution in [2.45, 2.75) is 64.1 Å². The number of pyridine rings is 1. The van der Waals surface area contributed by atoms with Crippen LogP contribution in [0.15, 0.2) is 48.5 Å². The van der Waals surface area contributed by atoms with Gasteiger partial charge < -0.3 is 28.6 Å². The van der Waals surface area contributed by atoms with E-state index < -0.39 is 17.7 Å². The number of imidazole rings is 1. The number of carboxylic acids is 1. The van der Waals surface area contributed by atoms with Crippen LogP contribution in [-0.2, 0) is 30.6 Å². The Morgan fingerprint density at radius 2 is 1.83 bits per heavy atom. The largest absolute Gasteiger partial charge is 0.496 e. The number of hydrogen-bond acceptors (Lipinski definition) is 8. The Balaban J connectivity index is 1.13. The van der Waals surface area contributed by atoms with Gasteiger partial charge in [0.2, 0.25) is 5.88 Å². The average molecular weight is 655 g/mol. The third kappa shape index (κ3) is 7.31. The van der Waals surface area contributed by atoms with Crippen molar-refractivity contribution in [1.29, 1.82) is 0 Å². The average Bonchev–Trinajstić information content (AvgIpc) is 3.38. The first-order valence-electron chi connectivity index (χ1n) is 15.7. The molecule has 10 nitrogen and oxygen atoms in total. The van der Waals surface area contributed by atoms with E-state index in [9.17, 15) is 23.1 Å². The van der Waals surface area contributed by atoms with Crippen LogP contribution in [0.3, 0.4) is 0 Å². The number of aromatic carboxylic acids is 1. The number of benzene rings is 2. The molecule has 0 aliphatic carbocycles. The zero-order valence-corrected chi connectivity index (χ0v) is 26.3. The molecule has 2 aliphatic heterocycles. The second-order valence-electron chi connectivity index (χ2n) is 11.8. The van der Waals surface area contributed by atoms with E-state index in [-0.39, 0.29) is 29.9 Å². The molecular formula is C34H37F3N4O6. The summed E-state index contributed by atoms with van der Waals surface area (Å²) in [5.74, 6) is 0.982. The fraction of sp³-hybridized carbons (Fsp3) is 0.441. The van der Waals surface area contributed by atoms with Gasteiger partial charge in [0.05, 0.1) is 49.6 Å². The quantitative estimate of drug-likeness (QED) is 0.188. The van der Waals surface area contributed by atoms with Crippen molar-refractivity contribution in [3.63, 3.8) is 0 Å². The molecule has 0 unspecified atom stereocenters. The van der Waals surface area contributed by atoms with Crippen molar-refractivity contribution < 1.29 is 42.0 Å². The van der Waals surface area contributed by atoms with Crippen LogP contribution in [0.5, 0.6) is 17.4 Å². The van der Waals surface area contributed by atoms with E-state index in [2.05, 4.69) is 9.47 Å². The van der Waals surface area contributed by atoms with Gasteiger partial charge in [-0.05, 0) is 69.6 Å². The highest BCUT2D eigenvalue weighted by atomic mass is 19.4. The number of hydrogen-bond donors (Lipinski definition) is 1. The van der Waals surface area contributed by atoms with E-state index in [0.29, 0.717) is 49.0 Å². The Morgan fingerprint density at radius 3 is 2.49 bits per heavy atom. The molecule has 6 rings (SSSR count). The summed E-state index contributed by atoms with van der Waals surface area (Å²) in [6, 6.07) is 12.1. The van der Waals surface area contributed by atoms with Crippen molar-refractivity contribution in [2.75, 3.05) is 33.4 Å². The van der Waals surface area contributed by atoms with Gasteiger partial charge in [-0.15, -0.1) is 0 Å². The van der Waals surface area contributed by atoms with Crippen molar-refractivity contribution in [1.82, 2.24) is 19.4 Å². The number of carboxylic acid groups (broad SMARTS) is 1. The first-order chi connectivity index (χ1) is 22.6. The predicted molar refractivity (Wildman–Crippen MR) is 166 cm³/mol. The van der Waals surface area contributed by atoms with Crippen molar-refractivity contribution in [3.05, 3.63) is 76.7 Å². The zero-order valence-electron chi connectivity index (χ0n) is 26.3. The minimum absolute atomic E-state index is 0.0159. The molecule has 0 saturated carbocycles. The highest BCUT2D eigenvalue weighted by molar-refractivity contribution is 5.95. The van der Waals surface area contributed by atoms with Gasteiger partial charge in [-0.3, -0.25) is 4.90 Å². The van der Waals surface area contributed by atoms with Gasteiger partial charge in [-0.1, -0.05) is 12.1 Å². The molecule has 4 heterocycles. The third-order valence-corrected chi connectivity index (χ3v) is 8.73. The lowest BCUT2D eigenvalue weighted by Crippen LogP contribution is -2.35. The maximum Gasteiger partial charge on any atom is 0.416 e. The van der Waals surface area contributed by atoms with Crippen LogP contribution in [0.4, 0.5) is 13.2 Å². The van der Waals surface area contributed by atoms with Gasteiger partial charge in [-0.2, -0.15) is 13.2 Å². The van der Waals surface area contributed by atoms with Crippen LogP contribution in [0, 0.1) is 0 Å². The highest BCUT2D eigenvalue weighted by Gasteiger charge is 2.31. The van der Waals surface area contributed by atoms with Crippen LogP contribution < -0.4 is 14.2 Å². The van der Waals surface area contributed by atoms with Crippen LogP contribution in [0.1, 0.15) is 65.1 Å². The molecule has 4 aromatic rings. The molecule has 2 aliphatic rings. The number of carbonyl (C=O) groups is 1. The Bertz CT molecular complexity index is 1730. The van der Waals surface area contributed by atoms with Gasteiger partial charge in [0.25, 0.3) is 0 Å². The number of methoxy groups -OCH3 is 1. The summed E-state index contributed by atoms with van der Waals surface area (Å²) in [6.07, 6.45) is -1.74. The summed E-state index contributed by atoms with van der Waals surface area (Å²) in [5.41, 5.74) is 2.14. The number of likely N-dealkylation sites (tertiary alicyclic amines) is 1. The van der Waals surface area contributed by atoms with E-state index in [4.69, 9.17) is 28.9 Å². The molecular weight excluding hydrogens is 617 g/mol. The smallest absolute Gasteiger partial charge is 0.416 e. The molecule has 0 amide bonds. The third-order valence-electron chi connectivity index (χ3n) is 8.73. The molecule has 0 radical (unpaired) electrons. The molecule has 0 spiro atoms. The summed E-state index contributed by atoms with van der Waals surface area (Å²) in [6.45, 7) is 5.78. The Labute approximate surface area is 270 Å². The SMILES string of the molecule is CCOc1cc(C(=O)O)cc2c1nc(CN1CCC(c3cccc(OCc4ccc(C(F)(F)F)cc4OC)n3)CC1)n2C[C@@H]1CCO1. The minimum atomic E-state index is -4.46. The summed E-state index contributed by atoms with van der Waals surface area (Å²) in [4.78, 5) is 23.9. The number of ether oxygens (including phenoxy) is 4. The van der Waals surface area contributed by atoms with Gasteiger partial charge in [0, 0.05) is 29.8 Å². The summed E-state index contributed by atoms with van der Waals surface area (Å²) >= 11 is 0. The number of fused-ring (bicyclic) bond motifs is 1. The van der Waals surface area contributed by atoms with Crippen LogP contribution in [0.2, 0.25) is 0 Å². The monoisotopic (exact) mass is 654 g/mol. The van der Waals surface area contributed by atoms with E-state index in [1.807, 2.05) is 19.1 Å². The Hall–Kier alpha value is -4.36. The lowest BCUT2D eigenvalue weighted by atomic mass is 9.93. The number of piperidine rings is 1. The lowest BCUT2D eigenvalue weighted by Gasteiger charge is -2.32. The summed E-state index contributed by atoms with van der Waals surface area (Å²) in [5, 5.41) is 9.74. The van der Waals surface area contributed by atoms with Crippen molar-refractivity contribution in [2.24, 2.45) is 0 Å². The maximum absolute atomic E-state index is 13.1. The van der Waals surface area contributed by atoms with Gasteiger partial charge in [0.1, 0.15) is 29.4 Å². The number of rotatable bonds is 12. The Morgan fingerprint density at radius 1 is 1.04 bits per heavy atom. The van der Waals surface area contributed by atoms with Gasteiger partial charge in [0.15, 0.2) is 0 Å². The summed E-state index contributed by atoms with van der Waals surface area (Å²) < 4.78 is 64.0. The number of halogens is 3. The van der Waals surface area contributed by atoms with E-state index in [1.165, 1.54) is 19.2 Å². The number of alkyl halides is 3. The number of aromatic nitrogens is 3. The molecule has 1 N–H and O–H groups in total. The topological polar surface area (TPSA) is 108 Å². The van der Waals surface area contributed by atoms with Gasteiger partial charge in [-0.25, -0.2) is 14.8 Å². The molecule has 2 aromatic heterocycles. The van der Waals surface area contributed by atoms with Gasteiger partial charge >= 0.3 is 12.1 Å². The van der Waals surface area contributed by atoms with Crippen LogP contribution in [0.25, 0.3) is 11.0 Å². The standard InChI is InChI=1S/C34H37F3N4O6/c1-3-45-29-16-23(33(42)43)15-27-32(29)39-30(41(27)18-25-11-14-46-25)19-40-12-9-21(10-13-40)26-5-4-6-31(38-26)47-20-22-7-8-24(34(35,36)37)17-28(22)44-2/h4-8,15-17,21,25H,3,9-14,18-20H2,1-2H3,(H,42,43)/t25-/m0/s1. The molecule has 1 atom stereocenters. The first-order valence-corrected chi connectivity index (χ1v) is 15.7. The Kier molecular flexibility index (Phi) is 9.55. The van der Waals surface area contributed by atoms with Crippen LogP contribution in [-0.4, -0.2) is 70.0 Å². The molecule has 0 bridgehead atoms. The minimum Gasteiger partial charge on any atom is -0.496 e. The zero-order chi connectivity index (χ0) is 33.1.